The second-order valence-electron chi connectivity index (χ2n) is 7.04. The topological polar surface area (TPSA) is 130 Å². The van der Waals surface area contributed by atoms with Crippen molar-refractivity contribution in [3.05, 3.63) is 40.7 Å². The number of aromatic nitrogens is 2. The first-order valence-corrected chi connectivity index (χ1v) is 11.4. The molecule has 1 aromatic carbocycles. The number of hydrogen-bond acceptors (Lipinski definition) is 8. The summed E-state index contributed by atoms with van der Waals surface area (Å²) in [6.45, 7) is 4.32. The number of hydrogen-bond donors (Lipinski definition) is 2. The van der Waals surface area contributed by atoms with Gasteiger partial charge in [-0.25, -0.2) is 18.4 Å². The fourth-order valence-electron chi connectivity index (χ4n) is 3.57. The molecule has 2 N–H and O–H groups in total. The highest BCUT2D eigenvalue weighted by molar-refractivity contribution is 7.89. The molecule has 1 aliphatic rings. The van der Waals surface area contributed by atoms with Crippen LogP contribution in [0.2, 0.25) is 0 Å². The zero-order valence-electron chi connectivity index (χ0n) is 17.0. The maximum atomic E-state index is 12.6. The van der Waals surface area contributed by atoms with Crippen LogP contribution in [0.3, 0.4) is 0 Å². The molecule has 0 bridgehead atoms. The summed E-state index contributed by atoms with van der Waals surface area (Å²) < 4.78 is 26.6. The monoisotopic (exact) mass is 434 g/mol. The summed E-state index contributed by atoms with van der Waals surface area (Å²) in [5.74, 6) is 0.236. The van der Waals surface area contributed by atoms with Gasteiger partial charge in [-0.3, -0.25) is 10.1 Å². The Kier molecular flexibility index (Phi) is 6.83. The van der Waals surface area contributed by atoms with Crippen molar-refractivity contribution < 1.29 is 13.3 Å². The number of rotatable bonds is 9. The molecule has 1 aromatic heterocycles. The van der Waals surface area contributed by atoms with Crippen molar-refractivity contribution in [1.29, 1.82) is 0 Å². The van der Waals surface area contributed by atoms with Crippen LogP contribution < -0.4 is 10.6 Å². The molecular formula is C19H26N6O4S. The van der Waals surface area contributed by atoms with Crippen LogP contribution in [0.25, 0.3) is 0 Å². The summed E-state index contributed by atoms with van der Waals surface area (Å²) in [7, 11) is -3.57. The highest BCUT2D eigenvalue weighted by Gasteiger charge is 2.26. The van der Waals surface area contributed by atoms with E-state index in [2.05, 4.69) is 20.6 Å². The molecule has 0 aliphatic heterocycles. The summed E-state index contributed by atoms with van der Waals surface area (Å²) in [4.78, 5) is 19.4. The molecule has 10 nitrogen and oxygen atoms in total. The third kappa shape index (κ3) is 4.68. The van der Waals surface area contributed by atoms with E-state index in [9.17, 15) is 18.5 Å². The number of nitrogens with zero attached hydrogens (tertiary/aromatic N) is 4. The molecular weight excluding hydrogens is 408 g/mol. The molecule has 162 valence electrons. The minimum absolute atomic E-state index is 0.0508. The zero-order valence-corrected chi connectivity index (χ0v) is 17.9. The first-order valence-electron chi connectivity index (χ1n) is 10.00. The molecule has 1 saturated carbocycles. The lowest BCUT2D eigenvalue weighted by Crippen LogP contribution is -2.30. The van der Waals surface area contributed by atoms with Gasteiger partial charge in [-0.2, -0.15) is 4.31 Å². The van der Waals surface area contributed by atoms with Crippen molar-refractivity contribution in [2.75, 3.05) is 23.7 Å². The molecule has 1 aliphatic carbocycles. The van der Waals surface area contributed by atoms with E-state index in [-0.39, 0.29) is 28.3 Å². The van der Waals surface area contributed by atoms with Gasteiger partial charge in [0.15, 0.2) is 0 Å². The molecule has 0 amide bonds. The van der Waals surface area contributed by atoms with Gasteiger partial charge in [-0.1, -0.05) is 26.7 Å². The Bertz CT molecular complexity index is 987. The van der Waals surface area contributed by atoms with E-state index in [1.54, 1.807) is 26.0 Å². The van der Waals surface area contributed by atoms with Gasteiger partial charge in [0.25, 0.3) is 0 Å². The lowest BCUT2D eigenvalue weighted by molar-refractivity contribution is -0.383. The van der Waals surface area contributed by atoms with Crippen molar-refractivity contribution in [2.45, 2.75) is 50.5 Å². The number of nitrogens with one attached hydrogen (secondary N) is 2. The van der Waals surface area contributed by atoms with Gasteiger partial charge in [0.1, 0.15) is 6.33 Å². The van der Waals surface area contributed by atoms with Crippen LogP contribution in [0, 0.1) is 10.1 Å². The Hall–Kier alpha value is -2.79. The molecule has 30 heavy (non-hydrogen) atoms. The van der Waals surface area contributed by atoms with Crippen LogP contribution in [0.1, 0.15) is 39.5 Å². The Labute approximate surface area is 175 Å². The highest BCUT2D eigenvalue weighted by Crippen LogP contribution is 2.33. The van der Waals surface area contributed by atoms with Gasteiger partial charge >= 0.3 is 5.69 Å². The van der Waals surface area contributed by atoms with E-state index in [1.165, 1.54) is 22.8 Å². The molecule has 0 saturated heterocycles. The van der Waals surface area contributed by atoms with E-state index in [0.29, 0.717) is 18.8 Å². The van der Waals surface area contributed by atoms with Crippen molar-refractivity contribution in [2.24, 2.45) is 0 Å². The minimum atomic E-state index is -3.57. The van der Waals surface area contributed by atoms with Gasteiger partial charge < -0.3 is 10.6 Å². The van der Waals surface area contributed by atoms with Crippen molar-refractivity contribution in [3.8, 4) is 0 Å². The molecule has 0 atom stereocenters. The van der Waals surface area contributed by atoms with Gasteiger partial charge in [0.2, 0.25) is 21.7 Å². The summed E-state index contributed by atoms with van der Waals surface area (Å²) in [5, 5.41) is 17.8. The van der Waals surface area contributed by atoms with Crippen LogP contribution in [0.15, 0.2) is 35.5 Å². The molecule has 3 rings (SSSR count). The van der Waals surface area contributed by atoms with E-state index in [4.69, 9.17) is 0 Å². The van der Waals surface area contributed by atoms with Crippen LogP contribution in [0.5, 0.6) is 0 Å². The molecule has 0 unspecified atom stereocenters. The van der Waals surface area contributed by atoms with E-state index < -0.39 is 14.9 Å². The maximum absolute atomic E-state index is 12.6. The Balaban J connectivity index is 1.84. The van der Waals surface area contributed by atoms with Gasteiger partial charge in [-0.05, 0) is 37.1 Å². The standard InChI is InChI=1S/C19H26N6O4S/c1-3-24(4-2)30(28,29)16-11-9-15(10-12-16)23-19-17(25(26)27)18(20-13-21-19)22-14-7-5-6-8-14/h9-14H,3-8H2,1-2H3,(H2,20,21,22,23). The third-order valence-electron chi connectivity index (χ3n) is 5.16. The Morgan fingerprint density at radius 1 is 1.10 bits per heavy atom. The van der Waals surface area contributed by atoms with E-state index in [1.807, 2.05) is 0 Å². The van der Waals surface area contributed by atoms with E-state index in [0.717, 1.165) is 25.7 Å². The summed E-state index contributed by atoms with van der Waals surface area (Å²) in [6.07, 6.45) is 5.35. The predicted octanol–water partition coefficient (Wildman–Crippen LogP) is 3.51. The molecule has 0 spiro atoms. The van der Waals surface area contributed by atoms with Gasteiger partial charge in [0.05, 0.1) is 9.82 Å². The van der Waals surface area contributed by atoms with Crippen LogP contribution in [0.4, 0.5) is 23.0 Å². The average molecular weight is 435 g/mol. The van der Waals surface area contributed by atoms with Crippen LogP contribution in [-0.2, 0) is 10.0 Å². The van der Waals surface area contributed by atoms with Crippen molar-refractivity contribution in [3.63, 3.8) is 0 Å². The summed E-state index contributed by atoms with van der Waals surface area (Å²) in [5.41, 5.74) is 0.256. The quantitative estimate of drug-likeness (QED) is 0.453. The third-order valence-corrected chi connectivity index (χ3v) is 7.23. The highest BCUT2D eigenvalue weighted by atomic mass is 32.2. The van der Waals surface area contributed by atoms with Crippen LogP contribution in [-0.4, -0.2) is 46.7 Å². The first-order chi connectivity index (χ1) is 14.4. The smallest absolute Gasteiger partial charge is 0.353 e. The lowest BCUT2D eigenvalue weighted by atomic mass is 10.2. The Morgan fingerprint density at radius 2 is 1.70 bits per heavy atom. The normalized spacial score (nSPS) is 14.8. The summed E-state index contributed by atoms with van der Waals surface area (Å²) in [6, 6.07) is 6.23. The number of benzene rings is 1. The van der Waals surface area contributed by atoms with Crippen molar-refractivity contribution in [1.82, 2.24) is 14.3 Å². The number of sulfonamides is 1. The second-order valence-corrected chi connectivity index (χ2v) is 8.98. The molecule has 1 heterocycles. The van der Waals surface area contributed by atoms with Gasteiger partial charge in [-0.15, -0.1) is 0 Å². The second kappa shape index (κ2) is 9.35. The molecule has 11 heteroatoms. The first kappa shape index (κ1) is 21.9. The molecule has 1 fully saturated rings. The molecule has 0 radical (unpaired) electrons. The molecule has 2 aromatic rings. The Morgan fingerprint density at radius 3 is 2.27 bits per heavy atom. The van der Waals surface area contributed by atoms with Gasteiger partial charge in [0, 0.05) is 24.8 Å². The number of anilines is 3. The summed E-state index contributed by atoms with van der Waals surface area (Å²) >= 11 is 0. The maximum Gasteiger partial charge on any atom is 0.353 e. The largest absolute Gasteiger partial charge is 0.361 e. The van der Waals surface area contributed by atoms with Crippen molar-refractivity contribution >= 4 is 33.0 Å². The lowest BCUT2D eigenvalue weighted by Gasteiger charge is -2.18. The van der Waals surface area contributed by atoms with E-state index >= 15 is 0 Å². The fraction of sp³-hybridized carbons (Fsp3) is 0.474. The average Bonchev–Trinajstić information content (AvgIpc) is 3.22. The van der Waals surface area contributed by atoms with Crippen LogP contribution >= 0.6 is 0 Å². The fourth-order valence-corrected chi connectivity index (χ4v) is 5.03. The predicted molar refractivity (Wildman–Crippen MR) is 114 cm³/mol. The SMILES string of the molecule is CCN(CC)S(=O)(=O)c1ccc(Nc2ncnc(NC3CCCC3)c2[N+](=O)[O-])cc1. The number of nitro groups is 1. The zero-order chi connectivity index (χ0) is 21.7. The minimum Gasteiger partial charge on any atom is -0.361 e.